The van der Waals surface area contributed by atoms with Crippen molar-refractivity contribution in [2.75, 3.05) is 6.54 Å². The van der Waals surface area contributed by atoms with Gasteiger partial charge < -0.3 is 5.11 Å². The van der Waals surface area contributed by atoms with E-state index in [-0.39, 0.29) is 10.4 Å². The molecule has 1 aromatic rings. The van der Waals surface area contributed by atoms with E-state index in [1.54, 1.807) is 28.6 Å². The van der Waals surface area contributed by atoms with Crippen LogP contribution in [0.3, 0.4) is 0 Å². The summed E-state index contributed by atoms with van der Waals surface area (Å²) in [6.07, 6.45) is 1.72. The molecule has 0 spiro atoms. The summed E-state index contributed by atoms with van der Waals surface area (Å²) < 4.78 is 27.1. The number of benzene rings is 1. The van der Waals surface area contributed by atoms with Gasteiger partial charge in [-0.1, -0.05) is 19.1 Å². The average Bonchev–Trinajstić information content (AvgIpc) is 2.78. The molecule has 0 bridgehead atoms. The van der Waals surface area contributed by atoms with Crippen LogP contribution in [0.2, 0.25) is 0 Å². The summed E-state index contributed by atoms with van der Waals surface area (Å²) in [5, 5.41) is 9.88. The molecule has 1 aliphatic heterocycles. The fraction of sp³-hybridized carbons (Fsp3) is 0.600. The first-order valence-corrected chi connectivity index (χ1v) is 8.54. The van der Waals surface area contributed by atoms with Crippen LogP contribution in [-0.4, -0.2) is 29.9 Å². The van der Waals surface area contributed by atoms with Gasteiger partial charge in [-0.2, -0.15) is 4.31 Å². The second-order valence-electron chi connectivity index (χ2n) is 5.99. The molecule has 1 fully saturated rings. The lowest BCUT2D eigenvalue weighted by atomic mass is 10.0. The van der Waals surface area contributed by atoms with Crippen molar-refractivity contribution < 1.29 is 13.5 Å². The van der Waals surface area contributed by atoms with Gasteiger partial charge in [0.15, 0.2) is 0 Å². The maximum Gasteiger partial charge on any atom is 0.243 e. The van der Waals surface area contributed by atoms with E-state index in [1.165, 1.54) is 0 Å². The van der Waals surface area contributed by atoms with Gasteiger partial charge in [-0.3, -0.25) is 0 Å². The van der Waals surface area contributed by atoms with E-state index in [4.69, 9.17) is 0 Å². The van der Waals surface area contributed by atoms with Gasteiger partial charge in [0.25, 0.3) is 0 Å². The zero-order valence-corrected chi connectivity index (χ0v) is 13.2. The Morgan fingerprint density at radius 1 is 1.40 bits per heavy atom. The maximum absolute atomic E-state index is 12.8. The van der Waals surface area contributed by atoms with Crippen molar-refractivity contribution in [3.63, 3.8) is 0 Å². The minimum atomic E-state index is -3.49. The number of sulfonamides is 1. The molecule has 0 radical (unpaired) electrons. The summed E-state index contributed by atoms with van der Waals surface area (Å²) in [5.41, 5.74) is 0.323. The normalized spacial score (nSPS) is 21.0. The molecule has 2 rings (SSSR count). The van der Waals surface area contributed by atoms with Crippen LogP contribution in [0.15, 0.2) is 29.2 Å². The lowest BCUT2D eigenvalue weighted by Crippen LogP contribution is -2.42. The fourth-order valence-corrected chi connectivity index (χ4v) is 4.67. The summed E-state index contributed by atoms with van der Waals surface area (Å²) in [7, 11) is -3.49. The lowest BCUT2D eigenvalue weighted by molar-refractivity contribution is 0.173. The van der Waals surface area contributed by atoms with E-state index in [9.17, 15) is 13.5 Å². The van der Waals surface area contributed by atoms with E-state index in [2.05, 4.69) is 0 Å². The summed E-state index contributed by atoms with van der Waals surface area (Å²) >= 11 is 0. The predicted molar refractivity (Wildman–Crippen MR) is 78.9 cm³/mol. The lowest BCUT2D eigenvalue weighted by Gasteiger charge is -2.30. The first-order chi connectivity index (χ1) is 9.29. The number of aliphatic hydroxyl groups is 1. The Balaban J connectivity index is 2.40. The minimum Gasteiger partial charge on any atom is -0.388 e. The van der Waals surface area contributed by atoms with Crippen LogP contribution in [0.4, 0.5) is 0 Å². The Morgan fingerprint density at radius 3 is 2.65 bits per heavy atom. The second kappa shape index (κ2) is 5.47. The standard InChI is InChI=1S/C15H23NO3S/c1-4-14(17)12-7-5-8-13(11-12)20(18,19)16-10-6-9-15(16,2)3/h5,7-8,11,14,17H,4,6,9-10H2,1-3H3. The number of hydrogen-bond donors (Lipinski definition) is 1. The summed E-state index contributed by atoms with van der Waals surface area (Å²) in [6, 6.07) is 6.67. The largest absolute Gasteiger partial charge is 0.388 e. The summed E-state index contributed by atoms with van der Waals surface area (Å²) in [6.45, 7) is 6.36. The van der Waals surface area contributed by atoms with Crippen LogP contribution in [-0.2, 0) is 10.0 Å². The van der Waals surface area contributed by atoms with Gasteiger partial charge in [-0.15, -0.1) is 0 Å². The smallest absolute Gasteiger partial charge is 0.243 e. The Morgan fingerprint density at radius 2 is 2.10 bits per heavy atom. The topological polar surface area (TPSA) is 57.6 Å². The van der Waals surface area contributed by atoms with E-state index in [0.717, 1.165) is 12.8 Å². The molecule has 1 heterocycles. The number of nitrogens with zero attached hydrogens (tertiary/aromatic N) is 1. The van der Waals surface area contributed by atoms with E-state index in [0.29, 0.717) is 18.5 Å². The van der Waals surface area contributed by atoms with E-state index in [1.807, 2.05) is 20.8 Å². The Labute approximate surface area is 121 Å². The molecule has 1 N–H and O–H groups in total. The van der Waals surface area contributed by atoms with Crippen LogP contribution in [0.1, 0.15) is 51.7 Å². The molecule has 1 atom stereocenters. The molecule has 1 aromatic carbocycles. The highest BCUT2D eigenvalue weighted by atomic mass is 32.2. The van der Waals surface area contributed by atoms with Crippen molar-refractivity contribution in [1.29, 1.82) is 0 Å². The average molecular weight is 297 g/mol. The number of aliphatic hydroxyl groups excluding tert-OH is 1. The van der Waals surface area contributed by atoms with Crippen molar-refractivity contribution in [3.05, 3.63) is 29.8 Å². The summed E-state index contributed by atoms with van der Waals surface area (Å²) in [4.78, 5) is 0.275. The molecule has 112 valence electrons. The third kappa shape index (κ3) is 2.75. The highest BCUT2D eigenvalue weighted by Gasteiger charge is 2.40. The third-order valence-corrected chi connectivity index (χ3v) is 6.15. The van der Waals surface area contributed by atoms with Crippen LogP contribution >= 0.6 is 0 Å². The zero-order valence-electron chi connectivity index (χ0n) is 12.3. The van der Waals surface area contributed by atoms with Gasteiger partial charge >= 0.3 is 0 Å². The van der Waals surface area contributed by atoms with Crippen molar-refractivity contribution in [3.8, 4) is 0 Å². The van der Waals surface area contributed by atoms with Crippen LogP contribution in [0.5, 0.6) is 0 Å². The van der Waals surface area contributed by atoms with Crippen LogP contribution in [0.25, 0.3) is 0 Å². The highest BCUT2D eigenvalue weighted by molar-refractivity contribution is 7.89. The first-order valence-electron chi connectivity index (χ1n) is 7.10. The molecular weight excluding hydrogens is 274 g/mol. The Bertz CT molecular complexity index is 581. The molecule has 1 saturated heterocycles. The minimum absolute atomic E-state index is 0.275. The van der Waals surface area contributed by atoms with Crippen molar-refractivity contribution in [2.24, 2.45) is 0 Å². The second-order valence-corrected chi connectivity index (χ2v) is 7.85. The molecule has 4 nitrogen and oxygen atoms in total. The van der Waals surface area contributed by atoms with Gasteiger partial charge in [-0.25, -0.2) is 8.42 Å². The monoisotopic (exact) mass is 297 g/mol. The molecular formula is C15H23NO3S. The molecule has 20 heavy (non-hydrogen) atoms. The third-order valence-electron chi connectivity index (χ3n) is 4.04. The van der Waals surface area contributed by atoms with E-state index < -0.39 is 16.1 Å². The molecule has 5 heteroatoms. The van der Waals surface area contributed by atoms with Crippen LogP contribution in [0, 0.1) is 0 Å². The maximum atomic E-state index is 12.8. The quantitative estimate of drug-likeness (QED) is 0.929. The first kappa shape index (κ1) is 15.5. The van der Waals surface area contributed by atoms with Gasteiger partial charge in [0.2, 0.25) is 10.0 Å². The number of rotatable bonds is 4. The van der Waals surface area contributed by atoms with Gasteiger partial charge in [-0.05, 0) is 50.8 Å². The van der Waals surface area contributed by atoms with Crippen LogP contribution < -0.4 is 0 Å². The van der Waals surface area contributed by atoms with Gasteiger partial charge in [0.1, 0.15) is 0 Å². The SMILES string of the molecule is CCC(O)c1cccc(S(=O)(=O)N2CCCC2(C)C)c1. The van der Waals surface area contributed by atoms with Crippen molar-refractivity contribution in [2.45, 2.75) is 56.6 Å². The molecule has 0 amide bonds. The molecule has 0 saturated carbocycles. The number of hydrogen-bond acceptors (Lipinski definition) is 3. The predicted octanol–water partition coefficient (Wildman–Crippen LogP) is 2.69. The van der Waals surface area contributed by atoms with E-state index >= 15 is 0 Å². The van der Waals surface area contributed by atoms with Crippen molar-refractivity contribution in [1.82, 2.24) is 4.31 Å². The fourth-order valence-electron chi connectivity index (χ4n) is 2.77. The highest BCUT2D eigenvalue weighted by Crippen LogP contribution is 2.34. The Hall–Kier alpha value is -0.910. The zero-order chi connectivity index (χ0) is 15.0. The van der Waals surface area contributed by atoms with Gasteiger partial charge in [0.05, 0.1) is 11.0 Å². The summed E-state index contributed by atoms with van der Waals surface area (Å²) in [5.74, 6) is 0. The van der Waals surface area contributed by atoms with Gasteiger partial charge in [0, 0.05) is 12.1 Å². The molecule has 0 aliphatic carbocycles. The molecule has 1 unspecified atom stereocenters. The van der Waals surface area contributed by atoms with Crippen molar-refractivity contribution >= 4 is 10.0 Å². The molecule has 0 aromatic heterocycles. The molecule has 1 aliphatic rings. The Kier molecular flexibility index (Phi) is 4.23.